The summed E-state index contributed by atoms with van der Waals surface area (Å²) < 4.78 is 10.6. The van der Waals surface area contributed by atoms with Crippen molar-refractivity contribution in [1.29, 1.82) is 0 Å². The molecule has 1 saturated heterocycles. The maximum atomic E-state index is 5.34. The topological polar surface area (TPSA) is 42.5 Å². The fourth-order valence-corrected chi connectivity index (χ4v) is 1.87. The highest BCUT2D eigenvalue weighted by molar-refractivity contribution is 5.45. The molecule has 4 heteroatoms. The molecule has 0 bridgehead atoms. The summed E-state index contributed by atoms with van der Waals surface area (Å²) in [4.78, 5) is 0. The van der Waals surface area contributed by atoms with Gasteiger partial charge < -0.3 is 9.47 Å². The quantitative estimate of drug-likeness (QED) is 0.684. The molecule has 0 saturated carbocycles. The van der Waals surface area contributed by atoms with Crippen molar-refractivity contribution in [2.24, 2.45) is 0 Å². The number of hydrogen-bond donors (Lipinski definition) is 2. The van der Waals surface area contributed by atoms with Gasteiger partial charge in [0.05, 0.1) is 0 Å². The Balaban J connectivity index is 1.91. The summed E-state index contributed by atoms with van der Waals surface area (Å²) >= 11 is 0. The third kappa shape index (κ3) is 1.23. The van der Waals surface area contributed by atoms with Crippen LogP contribution in [0.1, 0.15) is 11.5 Å². The summed E-state index contributed by atoms with van der Waals surface area (Å²) in [6, 6.07) is 6.16. The van der Waals surface area contributed by atoms with Gasteiger partial charge in [0.1, 0.15) is 0 Å². The van der Waals surface area contributed by atoms with Crippen molar-refractivity contribution in [3.8, 4) is 11.5 Å². The minimum atomic E-state index is 0.347. The molecule has 2 heterocycles. The highest BCUT2D eigenvalue weighted by Crippen LogP contribution is 2.34. The highest BCUT2D eigenvalue weighted by Gasteiger charge is 2.20. The number of hydrogen-bond acceptors (Lipinski definition) is 4. The summed E-state index contributed by atoms with van der Waals surface area (Å²) in [7, 11) is 0. The van der Waals surface area contributed by atoms with Crippen LogP contribution in [0.3, 0.4) is 0 Å². The minimum absolute atomic E-state index is 0.347. The van der Waals surface area contributed by atoms with Crippen molar-refractivity contribution in [3.63, 3.8) is 0 Å². The van der Waals surface area contributed by atoms with Crippen LogP contribution in [0, 0.1) is 0 Å². The molecule has 4 nitrogen and oxygen atoms in total. The van der Waals surface area contributed by atoms with E-state index in [0.717, 1.165) is 24.6 Å². The van der Waals surface area contributed by atoms with Crippen LogP contribution in [0.25, 0.3) is 0 Å². The standard InChI is InChI=1S/C10H12N2O2/c1-2-9-10(14-6-13-9)3-7(1)8-4-11-12-5-8/h1-3,8,11-12H,4-6H2. The maximum absolute atomic E-state index is 5.34. The fourth-order valence-electron chi connectivity index (χ4n) is 1.87. The van der Waals surface area contributed by atoms with E-state index < -0.39 is 0 Å². The van der Waals surface area contributed by atoms with E-state index in [9.17, 15) is 0 Å². The van der Waals surface area contributed by atoms with Gasteiger partial charge in [-0.25, -0.2) is 0 Å². The van der Waals surface area contributed by atoms with Gasteiger partial charge in [0.25, 0.3) is 0 Å². The van der Waals surface area contributed by atoms with Gasteiger partial charge >= 0.3 is 0 Å². The monoisotopic (exact) mass is 192 g/mol. The van der Waals surface area contributed by atoms with Crippen LogP contribution in [-0.2, 0) is 0 Å². The van der Waals surface area contributed by atoms with Crippen LogP contribution in [0.15, 0.2) is 18.2 Å². The zero-order valence-corrected chi connectivity index (χ0v) is 7.75. The van der Waals surface area contributed by atoms with E-state index in [1.54, 1.807) is 0 Å². The predicted molar refractivity (Wildman–Crippen MR) is 51.3 cm³/mol. The number of rotatable bonds is 1. The molecule has 2 aliphatic rings. The van der Waals surface area contributed by atoms with E-state index in [4.69, 9.17) is 9.47 Å². The van der Waals surface area contributed by atoms with Crippen molar-refractivity contribution in [2.45, 2.75) is 5.92 Å². The Morgan fingerprint density at radius 3 is 2.71 bits per heavy atom. The summed E-state index contributed by atoms with van der Waals surface area (Å²) in [6.07, 6.45) is 0. The molecule has 1 aromatic carbocycles. The lowest BCUT2D eigenvalue weighted by Gasteiger charge is -2.08. The smallest absolute Gasteiger partial charge is 0.231 e. The maximum Gasteiger partial charge on any atom is 0.231 e. The Labute approximate surface area is 82.2 Å². The molecule has 2 aliphatic heterocycles. The molecule has 14 heavy (non-hydrogen) atoms. The average molecular weight is 192 g/mol. The van der Waals surface area contributed by atoms with Crippen LogP contribution in [-0.4, -0.2) is 19.9 Å². The third-order valence-electron chi connectivity index (χ3n) is 2.69. The zero-order chi connectivity index (χ0) is 9.38. The summed E-state index contributed by atoms with van der Waals surface area (Å²) in [5, 5.41) is 0. The first-order valence-corrected chi connectivity index (χ1v) is 4.79. The Kier molecular flexibility index (Phi) is 1.82. The largest absolute Gasteiger partial charge is 0.454 e. The Morgan fingerprint density at radius 2 is 1.86 bits per heavy atom. The number of nitrogens with one attached hydrogen (secondary N) is 2. The fraction of sp³-hybridized carbons (Fsp3) is 0.400. The van der Waals surface area contributed by atoms with Gasteiger partial charge in [0.2, 0.25) is 6.79 Å². The molecule has 0 amide bonds. The van der Waals surface area contributed by atoms with Crippen LogP contribution >= 0.6 is 0 Å². The highest BCUT2D eigenvalue weighted by atomic mass is 16.7. The molecule has 2 N–H and O–H groups in total. The minimum Gasteiger partial charge on any atom is -0.454 e. The lowest BCUT2D eigenvalue weighted by molar-refractivity contribution is 0.174. The van der Waals surface area contributed by atoms with Crippen LogP contribution in [0.5, 0.6) is 11.5 Å². The predicted octanol–water partition coefficient (Wildman–Crippen LogP) is 0.607. The van der Waals surface area contributed by atoms with Crippen molar-refractivity contribution in [3.05, 3.63) is 23.8 Å². The second-order valence-electron chi connectivity index (χ2n) is 3.57. The molecule has 1 aromatic rings. The van der Waals surface area contributed by atoms with Crippen molar-refractivity contribution >= 4 is 0 Å². The Morgan fingerprint density at radius 1 is 1.07 bits per heavy atom. The number of ether oxygens (including phenoxy) is 2. The normalized spacial score (nSPS) is 20.3. The molecular weight excluding hydrogens is 180 g/mol. The molecule has 3 rings (SSSR count). The number of benzene rings is 1. The van der Waals surface area contributed by atoms with Gasteiger partial charge in [-0.1, -0.05) is 6.07 Å². The summed E-state index contributed by atoms with van der Waals surface area (Å²) in [5.41, 5.74) is 7.53. The molecule has 0 spiro atoms. The average Bonchev–Trinajstić information content (AvgIpc) is 2.88. The Bertz CT molecular complexity index is 348. The van der Waals surface area contributed by atoms with E-state index in [2.05, 4.69) is 23.0 Å². The van der Waals surface area contributed by atoms with Crippen LogP contribution in [0.2, 0.25) is 0 Å². The van der Waals surface area contributed by atoms with Crippen LogP contribution in [0.4, 0.5) is 0 Å². The van der Waals surface area contributed by atoms with Gasteiger partial charge in [-0.05, 0) is 17.7 Å². The lowest BCUT2D eigenvalue weighted by Crippen LogP contribution is -2.21. The van der Waals surface area contributed by atoms with Crippen molar-refractivity contribution in [2.75, 3.05) is 19.9 Å². The van der Waals surface area contributed by atoms with Crippen LogP contribution < -0.4 is 20.3 Å². The van der Waals surface area contributed by atoms with E-state index in [1.807, 2.05) is 6.07 Å². The van der Waals surface area contributed by atoms with Gasteiger partial charge in [-0.15, -0.1) is 0 Å². The first-order chi connectivity index (χ1) is 6.93. The third-order valence-corrected chi connectivity index (χ3v) is 2.69. The number of hydrazine groups is 1. The SMILES string of the molecule is c1cc2c(cc1C1CNNC1)OCO2. The second kappa shape index (κ2) is 3.15. The molecule has 0 atom stereocenters. The molecular formula is C10H12N2O2. The number of fused-ring (bicyclic) bond motifs is 1. The second-order valence-corrected chi connectivity index (χ2v) is 3.57. The first kappa shape index (κ1) is 8.08. The molecule has 0 aliphatic carbocycles. The van der Waals surface area contributed by atoms with Gasteiger partial charge in [0.15, 0.2) is 11.5 Å². The Hall–Kier alpha value is -1.26. The van der Waals surface area contributed by atoms with Gasteiger partial charge in [-0.2, -0.15) is 0 Å². The van der Waals surface area contributed by atoms with E-state index in [-0.39, 0.29) is 0 Å². The first-order valence-electron chi connectivity index (χ1n) is 4.79. The van der Waals surface area contributed by atoms with E-state index in [0.29, 0.717) is 12.7 Å². The lowest BCUT2D eigenvalue weighted by atomic mass is 10.00. The molecule has 74 valence electrons. The molecule has 0 aromatic heterocycles. The summed E-state index contributed by atoms with van der Waals surface area (Å²) in [6.45, 7) is 2.29. The van der Waals surface area contributed by atoms with Crippen molar-refractivity contribution in [1.82, 2.24) is 10.9 Å². The van der Waals surface area contributed by atoms with Crippen molar-refractivity contribution < 1.29 is 9.47 Å². The van der Waals surface area contributed by atoms with Gasteiger partial charge in [0, 0.05) is 19.0 Å². The molecule has 0 radical (unpaired) electrons. The zero-order valence-electron chi connectivity index (χ0n) is 7.75. The molecule has 1 fully saturated rings. The van der Waals surface area contributed by atoms with E-state index in [1.165, 1.54) is 5.56 Å². The molecule has 0 unspecified atom stereocenters. The van der Waals surface area contributed by atoms with Gasteiger partial charge in [-0.3, -0.25) is 10.9 Å². The van der Waals surface area contributed by atoms with E-state index >= 15 is 0 Å². The summed E-state index contributed by atoms with van der Waals surface area (Å²) in [5.74, 6) is 2.26.